The summed E-state index contributed by atoms with van der Waals surface area (Å²) in [7, 11) is 3.87. The molecule has 2 aromatic rings. The molecule has 0 aliphatic carbocycles. The second-order valence-electron chi connectivity index (χ2n) is 8.57. The van der Waals surface area contributed by atoms with E-state index in [-0.39, 0.29) is 11.5 Å². The van der Waals surface area contributed by atoms with Gasteiger partial charge >= 0.3 is 0 Å². The van der Waals surface area contributed by atoms with Crippen molar-refractivity contribution >= 4 is 16.8 Å². The lowest BCUT2D eigenvalue weighted by Gasteiger charge is -2.40. The summed E-state index contributed by atoms with van der Waals surface area (Å²) in [5.41, 5.74) is 1.39. The number of hydrogen-bond acceptors (Lipinski definition) is 5. The van der Waals surface area contributed by atoms with Crippen LogP contribution in [0, 0.1) is 5.92 Å². The summed E-state index contributed by atoms with van der Waals surface area (Å²) in [6, 6.07) is 9.86. The van der Waals surface area contributed by atoms with Crippen LogP contribution in [-0.2, 0) is 9.47 Å². The van der Waals surface area contributed by atoms with Crippen LogP contribution < -0.4 is 0 Å². The fraction of sp³-hybridized carbons (Fsp3) is 0.565. The lowest BCUT2D eigenvalue weighted by molar-refractivity contribution is -0.0450. The third-order valence-corrected chi connectivity index (χ3v) is 6.20. The van der Waals surface area contributed by atoms with Gasteiger partial charge in [0.15, 0.2) is 0 Å². The molecule has 4 rings (SSSR count). The van der Waals surface area contributed by atoms with Gasteiger partial charge in [-0.3, -0.25) is 9.78 Å². The highest BCUT2D eigenvalue weighted by molar-refractivity contribution is 5.97. The van der Waals surface area contributed by atoms with E-state index in [0.29, 0.717) is 18.0 Å². The van der Waals surface area contributed by atoms with Gasteiger partial charge in [0.1, 0.15) is 0 Å². The zero-order valence-electron chi connectivity index (χ0n) is 17.5. The highest BCUT2D eigenvalue weighted by Gasteiger charge is 2.44. The first-order valence-corrected chi connectivity index (χ1v) is 10.5. The number of methoxy groups -OCH3 is 1. The molecule has 0 bridgehead atoms. The predicted molar refractivity (Wildman–Crippen MR) is 113 cm³/mol. The van der Waals surface area contributed by atoms with E-state index in [4.69, 9.17) is 9.47 Å². The van der Waals surface area contributed by atoms with E-state index in [1.165, 1.54) is 0 Å². The third kappa shape index (κ3) is 4.60. The number of likely N-dealkylation sites (N-methyl/N-ethyl adjacent to an activating group) is 1. The molecule has 1 aromatic carbocycles. The molecule has 0 N–H and O–H groups in total. The fourth-order valence-corrected chi connectivity index (χ4v) is 4.76. The van der Waals surface area contributed by atoms with E-state index >= 15 is 0 Å². The first kappa shape index (κ1) is 20.3. The number of carbonyl (C=O) groups excluding carboxylic acids is 1. The van der Waals surface area contributed by atoms with Crippen LogP contribution in [0.4, 0.5) is 0 Å². The number of amides is 1. The number of hydrogen-bond donors (Lipinski definition) is 0. The molecule has 1 spiro atoms. The number of pyridine rings is 1. The summed E-state index contributed by atoms with van der Waals surface area (Å²) >= 11 is 0. The predicted octanol–water partition coefficient (Wildman–Crippen LogP) is 2.82. The molecule has 3 heterocycles. The average molecular weight is 398 g/mol. The maximum absolute atomic E-state index is 13.2. The van der Waals surface area contributed by atoms with Crippen molar-refractivity contribution in [1.29, 1.82) is 0 Å². The van der Waals surface area contributed by atoms with Crippen molar-refractivity contribution in [3.63, 3.8) is 0 Å². The van der Waals surface area contributed by atoms with Gasteiger partial charge in [-0.1, -0.05) is 18.2 Å². The first-order chi connectivity index (χ1) is 14.1. The van der Waals surface area contributed by atoms with Gasteiger partial charge in [0, 0.05) is 44.9 Å². The van der Waals surface area contributed by atoms with Gasteiger partial charge in [0.25, 0.3) is 5.91 Å². The summed E-state index contributed by atoms with van der Waals surface area (Å²) in [5, 5.41) is 1.00. The van der Waals surface area contributed by atoms with E-state index in [1.54, 1.807) is 13.3 Å². The molecule has 0 saturated carbocycles. The molecule has 2 aliphatic heterocycles. The highest BCUT2D eigenvalue weighted by Crippen LogP contribution is 2.38. The van der Waals surface area contributed by atoms with Gasteiger partial charge in [-0.25, -0.2) is 0 Å². The van der Waals surface area contributed by atoms with Crippen molar-refractivity contribution in [2.75, 3.05) is 53.6 Å². The number of piperidine rings is 1. The van der Waals surface area contributed by atoms with Crippen molar-refractivity contribution in [2.45, 2.75) is 24.9 Å². The second kappa shape index (κ2) is 8.78. The monoisotopic (exact) mass is 397 g/mol. The minimum absolute atomic E-state index is 0.0617. The number of aromatic nitrogens is 1. The Bertz CT molecular complexity index is 858. The molecule has 2 saturated heterocycles. The van der Waals surface area contributed by atoms with Crippen LogP contribution >= 0.6 is 0 Å². The number of carbonyl (C=O) groups is 1. The number of ether oxygens (including phenoxy) is 2. The van der Waals surface area contributed by atoms with Crippen LogP contribution in [0.5, 0.6) is 0 Å². The number of nitrogens with zero attached hydrogens (tertiary/aromatic N) is 3. The van der Waals surface area contributed by atoms with E-state index in [9.17, 15) is 4.79 Å². The maximum Gasteiger partial charge on any atom is 0.255 e. The minimum Gasteiger partial charge on any atom is -0.383 e. The molecule has 1 amide bonds. The Morgan fingerprint density at radius 1 is 1.41 bits per heavy atom. The Kier molecular flexibility index (Phi) is 6.13. The van der Waals surface area contributed by atoms with Crippen LogP contribution in [0.25, 0.3) is 10.9 Å². The van der Waals surface area contributed by atoms with Gasteiger partial charge in [-0.2, -0.15) is 0 Å². The summed E-state index contributed by atoms with van der Waals surface area (Å²) in [6.45, 7) is 4.92. The zero-order valence-corrected chi connectivity index (χ0v) is 17.5. The standard InChI is InChI=1S/C23H31N3O3/c1-25(10-11-28-2)15-18-13-23(29-16-18)8-5-9-26(17-23)22(27)20-12-19-6-3-4-7-21(19)24-14-20/h3-4,6-7,12,14,18H,5,8-11,13,15-17H2,1-2H3. The summed E-state index contributed by atoms with van der Waals surface area (Å²) in [5.74, 6) is 0.570. The molecule has 2 aliphatic rings. The maximum atomic E-state index is 13.2. The molecule has 0 radical (unpaired) electrons. The van der Waals surface area contributed by atoms with Crippen molar-refractivity contribution in [3.8, 4) is 0 Å². The lowest BCUT2D eigenvalue weighted by Crippen LogP contribution is -2.50. The van der Waals surface area contributed by atoms with E-state index in [0.717, 1.165) is 63.0 Å². The van der Waals surface area contributed by atoms with Crippen LogP contribution in [0.2, 0.25) is 0 Å². The molecular weight excluding hydrogens is 366 g/mol. The number of likely N-dealkylation sites (tertiary alicyclic amines) is 1. The Hall–Kier alpha value is -2.02. The van der Waals surface area contributed by atoms with Gasteiger partial charge in [0.2, 0.25) is 0 Å². The summed E-state index contributed by atoms with van der Waals surface area (Å²) in [4.78, 5) is 21.9. The highest BCUT2D eigenvalue weighted by atomic mass is 16.5. The fourth-order valence-electron chi connectivity index (χ4n) is 4.76. The molecule has 2 fully saturated rings. The molecule has 29 heavy (non-hydrogen) atoms. The van der Waals surface area contributed by atoms with Gasteiger partial charge in [-0.05, 0) is 44.4 Å². The largest absolute Gasteiger partial charge is 0.383 e. The normalized spacial score (nSPS) is 24.7. The van der Waals surface area contributed by atoms with E-state index in [1.807, 2.05) is 35.2 Å². The van der Waals surface area contributed by atoms with E-state index in [2.05, 4.69) is 16.9 Å². The van der Waals surface area contributed by atoms with Crippen LogP contribution in [0.1, 0.15) is 29.6 Å². The smallest absolute Gasteiger partial charge is 0.255 e. The van der Waals surface area contributed by atoms with Gasteiger partial charge in [0.05, 0.1) is 29.9 Å². The summed E-state index contributed by atoms with van der Waals surface area (Å²) in [6.07, 6.45) is 4.74. The van der Waals surface area contributed by atoms with Crippen molar-refractivity contribution in [1.82, 2.24) is 14.8 Å². The average Bonchev–Trinajstić information content (AvgIpc) is 3.12. The third-order valence-electron chi connectivity index (χ3n) is 6.20. The quantitative estimate of drug-likeness (QED) is 0.750. The SMILES string of the molecule is COCCN(C)CC1COC2(CCCN(C(=O)c3cnc4ccccc4c3)C2)C1. The van der Waals surface area contributed by atoms with Crippen molar-refractivity contribution in [3.05, 3.63) is 42.1 Å². The molecule has 1 aromatic heterocycles. The molecule has 6 nitrogen and oxygen atoms in total. The Balaban J connectivity index is 1.40. The first-order valence-electron chi connectivity index (χ1n) is 10.5. The topological polar surface area (TPSA) is 54.9 Å². The second-order valence-corrected chi connectivity index (χ2v) is 8.57. The van der Waals surface area contributed by atoms with Gasteiger partial charge in [-0.15, -0.1) is 0 Å². The van der Waals surface area contributed by atoms with E-state index < -0.39 is 0 Å². The van der Waals surface area contributed by atoms with Crippen LogP contribution in [0.15, 0.2) is 36.5 Å². The molecular formula is C23H31N3O3. The lowest BCUT2D eigenvalue weighted by atomic mass is 9.86. The van der Waals surface area contributed by atoms with Crippen molar-refractivity contribution in [2.24, 2.45) is 5.92 Å². The van der Waals surface area contributed by atoms with Crippen LogP contribution in [-0.4, -0.2) is 79.8 Å². The number of fused-ring (bicyclic) bond motifs is 1. The molecule has 2 unspecified atom stereocenters. The number of benzene rings is 1. The zero-order chi connectivity index (χ0) is 20.3. The number of para-hydroxylation sites is 1. The summed E-state index contributed by atoms with van der Waals surface area (Å²) < 4.78 is 11.5. The molecule has 2 atom stereocenters. The Labute approximate surface area is 172 Å². The van der Waals surface area contributed by atoms with Gasteiger partial charge < -0.3 is 19.3 Å². The Morgan fingerprint density at radius 2 is 2.28 bits per heavy atom. The van der Waals surface area contributed by atoms with Crippen molar-refractivity contribution < 1.29 is 14.3 Å². The number of rotatable bonds is 6. The van der Waals surface area contributed by atoms with Crippen LogP contribution in [0.3, 0.4) is 0 Å². The minimum atomic E-state index is -0.190. The Morgan fingerprint density at radius 3 is 3.14 bits per heavy atom. The molecule has 6 heteroatoms. The molecule has 156 valence electrons.